The molecule has 3 aromatic rings. The Morgan fingerprint density at radius 1 is 0.778 bits per heavy atom. The van der Waals surface area contributed by atoms with Gasteiger partial charge in [0.2, 0.25) is 0 Å². The van der Waals surface area contributed by atoms with E-state index in [4.69, 9.17) is 0 Å². The molecule has 3 rings (SSSR count). The average molecular weight is 421 g/mol. The van der Waals surface area contributed by atoms with E-state index in [1.165, 1.54) is 6.08 Å². The molecule has 0 aliphatic rings. The Hall–Kier alpha value is -3.18. The normalized spacial score (nSPS) is 10.6. The van der Waals surface area contributed by atoms with Crippen LogP contribution in [0.4, 0.5) is 16.2 Å². The minimum Gasteiger partial charge on any atom is -0.308 e. The van der Waals surface area contributed by atoms with Crippen LogP contribution in [-0.2, 0) is 0 Å². The summed E-state index contributed by atoms with van der Waals surface area (Å²) in [6.45, 7) is 0. The molecule has 27 heavy (non-hydrogen) atoms. The van der Waals surface area contributed by atoms with E-state index in [0.29, 0.717) is 16.9 Å². The van der Waals surface area contributed by atoms with Crippen molar-refractivity contribution in [3.8, 4) is 0 Å². The van der Waals surface area contributed by atoms with E-state index in [1.54, 1.807) is 42.5 Å². The number of carbonyl (C=O) groups excluding carboxylic acids is 2. The molecule has 0 saturated carbocycles. The molecule has 4 nitrogen and oxygen atoms in total. The lowest BCUT2D eigenvalue weighted by molar-refractivity contribution is 0.104. The number of hydrogen-bond donors (Lipinski definition) is 2. The second-order valence-corrected chi connectivity index (χ2v) is 6.69. The molecule has 0 bridgehead atoms. The fraction of sp³-hybridized carbons (Fsp3) is 0. The van der Waals surface area contributed by atoms with E-state index in [9.17, 15) is 9.59 Å². The van der Waals surface area contributed by atoms with Gasteiger partial charge < -0.3 is 10.6 Å². The molecule has 0 saturated heterocycles. The van der Waals surface area contributed by atoms with Crippen molar-refractivity contribution in [3.05, 3.63) is 101 Å². The molecule has 0 unspecified atom stereocenters. The van der Waals surface area contributed by atoms with Gasteiger partial charge in [-0.3, -0.25) is 4.79 Å². The van der Waals surface area contributed by atoms with Crippen molar-refractivity contribution >= 4 is 45.2 Å². The first-order chi connectivity index (χ1) is 13.1. The van der Waals surface area contributed by atoms with Gasteiger partial charge in [0.25, 0.3) is 0 Å². The summed E-state index contributed by atoms with van der Waals surface area (Å²) in [5.41, 5.74) is 2.68. The van der Waals surface area contributed by atoms with Crippen LogP contribution < -0.4 is 10.6 Å². The number of carbonyl (C=O) groups is 2. The summed E-state index contributed by atoms with van der Waals surface area (Å²) in [5.74, 6) is -0.134. The zero-order valence-corrected chi connectivity index (χ0v) is 15.9. The predicted molar refractivity (Wildman–Crippen MR) is 113 cm³/mol. The summed E-state index contributed by atoms with van der Waals surface area (Å²) in [7, 11) is 0. The van der Waals surface area contributed by atoms with Crippen LogP contribution in [0.5, 0.6) is 0 Å². The molecule has 0 heterocycles. The van der Waals surface area contributed by atoms with Crippen LogP contribution in [-0.4, -0.2) is 11.8 Å². The molecule has 0 radical (unpaired) electrons. The van der Waals surface area contributed by atoms with Gasteiger partial charge in [-0.05, 0) is 48.0 Å². The minimum absolute atomic E-state index is 0.134. The highest BCUT2D eigenvalue weighted by atomic mass is 79.9. The average Bonchev–Trinajstić information content (AvgIpc) is 2.68. The number of rotatable bonds is 5. The van der Waals surface area contributed by atoms with Gasteiger partial charge in [-0.1, -0.05) is 64.5 Å². The van der Waals surface area contributed by atoms with Crippen LogP contribution in [0.3, 0.4) is 0 Å². The molecule has 0 atom stereocenters. The summed E-state index contributed by atoms with van der Waals surface area (Å²) in [6, 6.07) is 23.3. The Balaban J connectivity index is 1.64. The molecular weight excluding hydrogens is 404 g/mol. The van der Waals surface area contributed by atoms with Gasteiger partial charge in [-0.25, -0.2) is 4.79 Å². The summed E-state index contributed by atoms with van der Waals surface area (Å²) < 4.78 is 0.985. The summed E-state index contributed by atoms with van der Waals surface area (Å²) in [5, 5.41) is 5.47. The Morgan fingerprint density at radius 2 is 1.44 bits per heavy atom. The van der Waals surface area contributed by atoms with Crippen molar-refractivity contribution in [1.82, 2.24) is 0 Å². The van der Waals surface area contributed by atoms with Crippen molar-refractivity contribution < 1.29 is 9.59 Å². The molecule has 0 spiro atoms. The lowest BCUT2D eigenvalue weighted by atomic mass is 10.1. The third kappa shape index (κ3) is 5.66. The highest BCUT2D eigenvalue weighted by molar-refractivity contribution is 9.10. The maximum atomic E-state index is 12.4. The first-order valence-corrected chi connectivity index (χ1v) is 9.10. The zero-order chi connectivity index (χ0) is 19.1. The third-order valence-corrected chi connectivity index (χ3v) is 4.26. The number of allylic oxidation sites excluding steroid dienone is 1. The number of amides is 2. The van der Waals surface area contributed by atoms with E-state index in [2.05, 4.69) is 26.6 Å². The van der Waals surface area contributed by atoms with E-state index < -0.39 is 0 Å². The fourth-order valence-corrected chi connectivity index (χ4v) is 2.67. The molecule has 0 fully saturated rings. The molecular formula is C22H17BrN2O2. The van der Waals surface area contributed by atoms with Gasteiger partial charge >= 0.3 is 6.03 Å². The Kier molecular flexibility index (Phi) is 6.18. The molecule has 0 aliphatic heterocycles. The Morgan fingerprint density at radius 3 is 2.19 bits per heavy atom. The molecule has 134 valence electrons. The highest BCUT2D eigenvalue weighted by Gasteiger charge is 2.06. The van der Waals surface area contributed by atoms with Crippen LogP contribution in [0.15, 0.2) is 89.4 Å². The molecule has 0 aromatic heterocycles. The second-order valence-electron chi connectivity index (χ2n) is 5.78. The standard InChI is InChI=1S/C22H17BrN2O2/c23-18-12-9-16(10-13-18)11-14-21(26)17-5-4-8-20(15-17)25-22(27)24-19-6-2-1-3-7-19/h1-15H,(H2,24,25,27)/b14-11+. The van der Waals surface area contributed by atoms with Crippen molar-refractivity contribution in [3.63, 3.8) is 0 Å². The lowest BCUT2D eigenvalue weighted by Gasteiger charge is -2.08. The van der Waals surface area contributed by atoms with Crippen molar-refractivity contribution in [2.75, 3.05) is 10.6 Å². The molecule has 2 amide bonds. The van der Waals surface area contributed by atoms with Gasteiger partial charge in [-0.2, -0.15) is 0 Å². The van der Waals surface area contributed by atoms with Crippen LogP contribution in [0.1, 0.15) is 15.9 Å². The number of para-hydroxylation sites is 1. The number of anilines is 2. The van der Waals surface area contributed by atoms with Crippen LogP contribution in [0, 0.1) is 0 Å². The van der Waals surface area contributed by atoms with Crippen LogP contribution in [0.2, 0.25) is 0 Å². The van der Waals surface area contributed by atoms with Gasteiger partial charge in [0.1, 0.15) is 0 Å². The van der Waals surface area contributed by atoms with Crippen LogP contribution >= 0.6 is 15.9 Å². The lowest BCUT2D eigenvalue weighted by Crippen LogP contribution is -2.19. The Bertz CT molecular complexity index is 967. The van der Waals surface area contributed by atoms with Crippen LogP contribution in [0.25, 0.3) is 6.08 Å². The van der Waals surface area contributed by atoms with Crippen molar-refractivity contribution in [1.29, 1.82) is 0 Å². The molecule has 5 heteroatoms. The predicted octanol–water partition coefficient (Wildman–Crippen LogP) is 5.99. The number of urea groups is 1. The summed E-state index contributed by atoms with van der Waals surface area (Å²) >= 11 is 3.38. The summed E-state index contributed by atoms with van der Waals surface area (Å²) in [6.07, 6.45) is 3.28. The smallest absolute Gasteiger partial charge is 0.308 e. The first kappa shape index (κ1) is 18.6. The number of nitrogens with one attached hydrogen (secondary N) is 2. The summed E-state index contributed by atoms with van der Waals surface area (Å²) in [4.78, 5) is 24.5. The number of halogens is 1. The zero-order valence-electron chi connectivity index (χ0n) is 14.4. The quantitative estimate of drug-likeness (QED) is 0.393. The monoisotopic (exact) mass is 420 g/mol. The molecule has 3 aromatic carbocycles. The van der Waals surface area contributed by atoms with Crippen molar-refractivity contribution in [2.45, 2.75) is 0 Å². The third-order valence-electron chi connectivity index (χ3n) is 3.73. The van der Waals surface area contributed by atoms with E-state index in [1.807, 2.05) is 42.5 Å². The number of benzene rings is 3. The van der Waals surface area contributed by atoms with E-state index in [0.717, 1.165) is 10.0 Å². The van der Waals surface area contributed by atoms with E-state index in [-0.39, 0.29) is 11.8 Å². The fourth-order valence-electron chi connectivity index (χ4n) is 2.41. The van der Waals surface area contributed by atoms with Gasteiger partial charge in [0, 0.05) is 21.4 Å². The van der Waals surface area contributed by atoms with Gasteiger partial charge in [0.05, 0.1) is 0 Å². The minimum atomic E-state index is -0.365. The van der Waals surface area contributed by atoms with Crippen molar-refractivity contribution in [2.24, 2.45) is 0 Å². The first-order valence-electron chi connectivity index (χ1n) is 8.31. The number of ketones is 1. The highest BCUT2D eigenvalue weighted by Crippen LogP contribution is 2.15. The maximum Gasteiger partial charge on any atom is 0.323 e. The molecule has 0 aliphatic carbocycles. The topological polar surface area (TPSA) is 58.2 Å². The SMILES string of the molecule is O=C(Nc1ccccc1)Nc1cccc(C(=O)/C=C/c2ccc(Br)cc2)c1. The molecule has 2 N–H and O–H groups in total. The van der Waals surface area contributed by atoms with Gasteiger partial charge in [-0.15, -0.1) is 0 Å². The largest absolute Gasteiger partial charge is 0.323 e. The number of hydrogen-bond acceptors (Lipinski definition) is 2. The van der Waals surface area contributed by atoms with Gasteiger partial charge in [0.15, 0.2) is 5.78 Å². The maximum absolute atomic E-state index is 12.4. The second kappa shape index (κ2) is 8.96. The van der Waals surface area contributed by atoms with E-state index >= 15 is 0 Å². The Labute approximate surface area is 166 Å².